The number of hydrogen-bond acceptors (Lipinski definition) is 1. The molecule has 0 atom stereocenters. The van der Waals surface area contributed by atoms with Crippen LogP contribution < -0.4 is 4.74 Å². The van der Waals surface area contributed by atoms with Gasteiger partial charge in [0.05, 0.1) is 6.61 Å². The number of rotatable bonds is 1. The van der Waals surface area contributed by atoms with Gasteiger partial charge in [-0.3, -0.25) is 0 Å². The first-order valence-corrected chi connectivity index (χ1v) is 5.01. The van der Waals surface area contributed by atoms with Crippen LogP contribution in [0.5, 0.6) is 5.75 Å². The highest BCUT2D eigenvalue weighted by Gasteiger charge is 2.16. The average molecular weight is 197 g/mol. The minimum absolute atomic E-state index is 0.485. The Balaban J connectivity index is 2.49. The zero-order valence-electron chi connectivity index (χ0n) is 7.93. The van der Waals surface area contributed by atoms with Gasteiger partial charge in [0.1, 0.15) is 5.75 Å². The number of ether oxygens (including phenoxy) is 1. The monoisotopic (exact) mass is 196 g/mol. The van der Waals surface area contributed by atoms with Crippen LogP contribution in [0, 0.1) is 0 Å². The predicted octanol–water partition coefficient (Wildman–Crippen LogP) is 3.40. The van der Waals surface area contributed by atoms with Crippen molar-refractivity contribution >= 4 is 11.6 Å². The van der Waals surface area contributed by atoms with Gasteiger partial charge in [0.2, 0.25) is 0 Å². The number of benzene rings is 1. The second-order valence-electron chi connectivity index (χ2n) is 3.73. The van der Waals surface area contributed by atoms with Gasteiger partial charge in [0.25, 0.3) is 0 Å². The second-order valence-corrected chi connectivity index (χ2v) is 4.14. The molecule has 0 aliphatic carbocycles. The number of hydrogen-bond donors (Lipinski definition) is 0. The van der Waals surface area contributed by atoms with Crippen LogP contribution in [-0.4, -0.2) is 6.61 Å². The summed E-state index contributed by atoms with van der Waals surface area (Å²) in [5.41, 5.74) is 2.53. The molecule has 1 aliphatic rings. The minimum Gasteiger partial charge on any atom is -0.493 e. The number of fused-ring (bicyclic) bond motifs is 1. The van der Waals surface area contributed by atoms with E-state index in [-0.39, 0.29) is 0 Å². The van der Waals surface area contributed by atoms with Crippen molar-refractivity contribution in [1.29, 1.82) is 0 Å². The van der Waals surface area contributed by atoms with E-state index in [1.165, 1.54) is 11.1 Å². The van der Waals surface area contributed by atoms with Crippen LogP contribution in [0.4, 0.5) is 0 Å². The Hall–Kier alpha value is -0.690. The third-order valence-electron chi connectivity index (χ3n) is 2.43. The van der Waals surface area contributed by atoms with Crippen molar-refractivity contribution < 1.29 is 4.74 Å². The maximum atomic E-state index is 6.12. The minimum atomic E-state index is 0.485. The molecule has 1 aliphatic heterocycles. The molecule has 0 amide bonds. The van der Waals surface area contributed by atoms with Crippen LogP contribution in [0.3, 0.4) is 0 Å². The lowest BCUT2D eigenvalue weighted by atomic mass is 10.00. The lowest BCUT2D eigenvalue weighted by molar-refractivity contribution is 0.357. The zero-order valence-corrected chi connectivity index (χ0v) is 8.69. The Morgan fingerprint density at radius 1 is 1.38 bits per heavy atom. The van der Waals surface area contributed by atoms with Gasteiger partial charge in [-0.2, -0.15) is 0 Å². The van der Waals surface area contributed by atoms with Gasteiger partial charge in [-0.05, 0) is 23.1 Å². The van der Waals surface area contributed by atoms with E-state index in [1.807, 2.05) is 6.07 Å². The summed E-state index contributed by atoms with van der Waals surface area (Å²) in [6, 6.07) is 4.12. The molecule has 0 N–H and O–H groups in total. The molecule has 2 rings (SSSR count). The van der Waals surface area contributed by atoms with E-state index in [1.54, 1.807) is 0 Å². The molecule has 0 saturated carbocycles. The van der Waals surface area contributed by atoms with Crippen LogP contribution in [0.2, 0.25) is 5.02 Å². The van der Waals surface area contributed by atoms with Gasteiger partial charge >= 0.3 is 0 Å². The first kappa shape index (κ1) is 8.89. The molecule has 0 bridgehead atoms. The fraction of sp³-hybridized carbons (Fsp3) is 0.455. The first-order valence-electron chi connectivity index (χ1n) is 4.63. The second kappa shape index (κ2) is 3.22. The highest BCUT2D eigenvalue weighted by atomic mass is 35.5. The van der Waals surface area contributed by atoms with E-state index < -0.39 is 0 Å². The van der Waals surface area contributed by atoms with E-state index in [9.17, 15) is 0 Å². The SMILES string of the molecule is CC(C)c1cc2c(cc1Cl)OCC2. The van der Waals surface area contributed by atoms with E-state index in [0.29, 0.717) is 5.92 Å². The van der Waals surface area contributed by atoms with Crippen LogP contribution in [-0.2, 0) is 6.42 Å². The molecule has 1 nitrogen and oxygen atoms in total. The van der Waals surface area contributed by atoms with Gasteiger partial charge in [0.15, 0.2) is 0 Å². The summed E-state index contributed by atoms with van der Waals surface area (Å²) in [5.74, 6) is 1.45. The lowest BCUT2D eigenvalue weighted by Crippen LogP contribution is -1.90. The highest BCUT2D eigenvalue weighted by Crippen LogP contribution is 2.34. The Morgan fingerprint density at radius 2 is 2.15 bits per heavy atom. The van der Waals surface area contributed by atoms with Crippen LogP contribution >= 0.6 is 11.6 Å². The van der Waals surface area contributed by atoms with Crippen molar-refractivity contribution in [3.8, 4) is 5.75 Å². The molecule has 1 aromatic carbocycles. The topological polar surface area (TPSA) is 9.23 Å². The Morgan fingerprint density at radius 3 is 2.85 bits per heavy atom. The van der Waals surface area contributed by atoms with Gasteiger partial charge in [-0.1, -0.05) is 31.5 Å². The normalized spacial score (nSPS) is 14.5. The van der Waals surface area contributed by atoms with Crippen LogP contribution in [0.15, 0.2) is 12.1 Å². The lowest BCUT2D eigenvalue weighted by Gasteiger charge is -2.09. The molecule has 0 fully saturated rings. The van der Waals surface area contributed by atoms with Crippen molar-refractivity contribution in [3.63, 3.8) is 0 Å². The van der Waals surface area contributed by atoms with Crippen molar-refractivity contribution in [1.82, 2.24) is 0 Å². The van der Waals surface area contributed by atoms with Crippen molar-refractivity contribution in [2.75, 3.05) is 6.61 Å². The highest BCUT2D eigenvalue weighted by molar-refractivity contribution is 6.31. The third-order valence-corrected chi connectivity index (χ3v) is 2.76. The molecule has 1 heterocycles. The van der Waals surface area contributed by atoms with Crippen LogP contribution in [0.25, 0.3) is 0 Å². The first-order chi connectivity index (χ1) is 6.18. The van der Waals surface area contributed by atoms with E-state index in [4.69, 9.17) is 16.3 Å². The molecule has 0 unspecified atom stereocenters. The number of halogens is 1. The molecule has 0 aromatic heterocycles. The molecule has 70 valence electrons. The van der Waals surface area contributed by atoms with Crippen molar-refractivity contribution in [3.05, 3.63) is 28.3 Å². The molecular weight excluding hydrogens is 184 g/mol. The fourth-order valence-corrected chi connectivity index (χ4v) is 2.03. The zero-order chi connectivity index (χ0) is 9.42. The maximum Gasteiger partial charge on any atom is 0.124 e. The van der Waals surface area contributed by atoms with Crippen molar-refractivity contribution in [2.45, 2.75) is 26.2 Å². The summed E-state index contributed by atoms with van der Waals surface area (Å²) in [6.45, 7) is 5.11. The molecule has 2 heteroatoms. The summed E-state index contributed by atoms with van der Waals surface area (Å²) in [4.78, 5) is 0. The van der Waals surface area contributed by atoms with Gasteiger partial charge in [-0.15, -0.1) is 0 Å². The molecule has 0 saturated heterocycles. The Labute approximate surface area is 83.7 Å². The molecule has 1 aromatic rings. The fourth-order valence-electron chi connectivity index (χ4n) is 1.66. The van der Waals surface area contributed by atoms with E-state index in [2.05, 4.69) is 19.9 Å². The maximum absolute atomic E-state index is 6.12. The van der Waals surface area contributed by atoms with Crippen LogP contribution in [0.1, 0.15) is 30.9 Å². The smallest absolute Gasteiger partial charge is 0.124 e. The van der Waals surface area contributed by atoms with Gasteiger partial charge in [-0.25, -0.2) is 0 Å². The summed E-state index contributed by atoms with van der Waals surface area (Å²) < 4.78 is 5.43. The average Bonchev–Trinajstić information content (AvgIpc) is 2.48. The predicted molar refractivity (Wildman–Crippen MR) is 54.7 cm³/mol. The van der Waals surface area contributed by atoms with Gasteiger partial charge in [0, 0.05) is 11.4 Å². The largest absolute Gasteiger partial charge is 0.493 e. The Kier molecular flexibility index (Phi) is 2.20. The summed E-state index contributed by atoms with van der Waals surface area (Å²) in [6.07, 6.45) is 1.02. The summed E-state index contributed by atoms with van der Waals surface area (Å²) in [5, 5.41) is 0.829. The van der Waals surface area contributed by atoms with Gasteiger partial charge < -0.3 is 4.74 Å². The van der Waals surface area contributed by atoms with E-state index >= 15 is 0 Å². The third kappa shape index (κ3) is 1.53. The Bertz CT molecular complexity index is 331. The quantitative estimate of drug-likeness (QED) is 0.669. The molecule has 13 heavy (non-hydrogen) atoms. The van der Waals surface area contributed by atoms with E-state index in [0.717, 1.165) is 23.8 Å². The molecular formula is C11H13ClO. The van der Waals surface area contributed by atoms with Crippen molar-refractivity contribution in [2.24, 2.45) is 0 Å². The standard InChI is InChI=1S/C11H13ClO/c1-7(2)9-5-8-3-4-13-11(8)6-10(9)12/h5-7H,3-4H2,1-2H3. The summed E-state index contributed by atoms with van der Waals surface area (Å²) in [7, 11) is 0. The summed E-state index contributed by atoms with van der Waals surface area (Å²) >= 11 is 6.12. The molecule has 0 spiro atoms. The molecule has 0 radical (unpaired) electrons.